The van der Waals surface area contributed by atoms with Crippen molar-refractivity contribution in [3.63, 3.8) is 0 Å². The molecule has 1 aromatic rings. The Kier molecular flexibility index (Phi) is 3.22. The van der Waals surface area contributed by atoms with Crippen LogP contribution in [0.5, 0.6) is 0 Å². The Labute approximate surface area is 104 Å². The van der Waals surface area contributed by atoms with Gasteiger partial charge < -0.3 is 5.32 Å². The lowest BCUT2D eigenvalue weighted by Crippen LogP contribution is -2.48. The van der Waals surface area contributed by atoms with Crippen molar-refractivity contribution in [3.8, 4) is 0 Å². The van der Waals surface area contributed by atoms with Crippen LogP contribution in [0.4, 0.5) is 0 Å². The highest BCUT2D eigenvalue weighted by Crippen LogP contribution is 2.33. The summed E-state index contributed by atoms with van der Waals surface area (Å²) >= 11 is 7.36. The highest BCUT2D eigenvalue weighted by Gasteiger charge is 2.41. The molecular weight excluding hydrogens is 244 g/mol. The van der Waals surface area contributed by atoms with Crippen molar-refractivity contribution in [2.45, 2.75) is 38.6 Å². The van der Waals surface area contributed by atoms with Crippen LogP contribution in [-0.2, 0) is 11.2 Å². The molecule has 1 amide bonds. The maximum Gasteiger partial charge on any atom is 0.220 e. The van der Waals surface area contributed by atoms with Crippen LogP contribution in [0, 0.1) is 5.92 Å². The largest absolute Gasteiger partial charge is 0.350 e. The molecule has 0 spiro atoms. The first-order chi connectivity index (χ1) is 7.52. The monoisotopic (exact) mass is 258 g/mol. The van der Waals surface area contributed by atoms with Gasteiger partial charge in [-0.05, 0) is 12.3 Å². The van der Waals surface area contributed by atoms with Crippen LogP contribution in [0.2, 0.25) is 4.34 Å². The van der Waals surface area contributed by atoms with E-state index in [1.807, 2.05) is 0 Å². The number of carbonyl (C=O) groups excluding carboxylic acids is 1. The van der Waals surface area contributed by atoms with Crippen molar-refractivity contribution >= 4 is 28.8 Å². The van der Waals surface area contributed by atoms with E-state index < -0.39 is 0 Å². The topological polar surface area (TPSA) is 42.0 Å². The minimum absolute atomic E-state index is 0.127. The molecule has 1 aliphatic rings. The van der Waals surface area contributed by atoms with Gasteiger partial charge in [-0.2, -0.15) is 0 Å². The number of rotatable bonds is 3. The molecule has 1 saturated heterocycles. The van der Waals surface area contributed by atoms with Crippen LogP contribution < -0.4 is 5.32 Å². The molecule has 1 unspecified atom stereocenters. The number of aromatic nitrogens is 1. The number of nitrogens with one attached hydrogen (secondary N) is 1. The molecule has 5 heteroatoms. The lowest BCUT2D eigenvalue weighted by Gasteiger charge is -2.32. The van der Waals surface area contributed by atoms with Crippen LogP contribution in [-0.4, -0.2) is 16.4 Å². The van der Waals surface area contributed by atoms with E-state index in [4.69, 9.17) is 11.6 Å². The molecule has 0 aliphatic carbocycles. The fourth-order valence-corrected chi connectivity index (χ4v) is 3.23. The fourth-order valence-electron chi connectivity index (χ4n) is 2.15. The van der Waals surface area contributed by atoms with Gasteiger partial charge in [0.05, 0.1) is 11.2 Å². The number of amides is 1. The zero-order valence-electron chi connectivity index (χ0n) is 9.42. The second-order valence-corrected chi connectivity index (χ2v) is 6.34. The first-order valence-electron chi connectivity index (χ1n) is 5.43. The first kappa shape index (κ1) is 11.9. The minimum atomic E-state index is -0.127. The van der Waals surface area contributed by atoms with Gasteiger partial charge in [-0.3, -0.25) is 4.79 Å². The summed E-state index contributed by atoms with van der Waals surface area (Å²) in [7, 11) is 0. The maximum absolute atomic E-state index is 11.4. The molecule has 1 atom stereocenters. The summed E-state index contributed by atoms with van der Waals surface area (Å²) in [5.41, 5.74) is -0.127. The van der Waals surface area contributed by atoms with E-state index in [9.17, 15) is 4.79 Å². The van der Waals surface area contributed by atoms with Gasteiger partial charge in [0.25, 0.3) is 0 Å². The number of halogens is 1. The lowest BCUT2D eigenvalue weighted by molar-refractivity contribution is -0.120. The molecule has 1 aromatic heterocycles. The third kappa shape index (κ3) is 2.23. The van der Waals surface area contributed by atoms with Gasteiger partial charge in [-0.25, -0.2) is 4.98 Å². The molecule has 88 valence electrons. The molecule has 1 N–H and O–H groups in total. The zero-order valence-corrected chi connectivity index (χ0v) is 11.0. The number of carbonyl (C=O) groups is 1. The van der Waals surface area contributed by atoms with Gasteiger partial charge in [0, 0.05) is 18.4 Å². The predicted octanol–water partition coefficient (Wildman–Crippen LogP) is 2.64. The number of nitrogens with zero attached hydrogens (tertiary/aromatic N) is 1. The average Bonchev–Trinajstić information content (AvgIpc) is 2.75. The molecule has 1 aliphatic heterocycles. The van der Waals surface area contributed by atoms with E-state index in [2.05, 4.69) is 24.1 Å². The van der Waals surface area contributed by atoms with Gasteiger partial charge in [0.1, 0.15) is 4.34 Å². The van der Waals surface area contributed by atoms with Crippen molar-refractivity contribution in [3.05, 3.63) is 15.5 Å². The Bertz CT molecular complexity index is 404. The van der Waals surface area contributed by atoms with Crippen molar-refractivity contribution in [1.29, 1.82) is 0 Å². The highest BCUT2D eigenvalue weighted by molar-refractivity contribution is 7.15. The summed E-state index contributed by atoms with van der Waals surface area (Å²) in [4.78, 5) is 15.7. The van der Waals surface area contributed by atoms with E-state index >= 15 is 0 Å². The van der Waals surface area contributed by atoms with Crippen molar-refractivity contribution in [2.24, 2.45) is 5.92 Å². The summed E-state index contributed by atoms with van der Waals surface area (Å²) < 4.78 is 0.707. The Morgan fingerprint density at radius 2 is 2.44 bits per heavy atom. The van der Waals surface area contributed by atoms with E-state index in [0.717, 1.165) is 17.8 Å². The highest BCUT2D eigenvalue weighted by atomic mass is 35.5. The molecule has 16 heavy (non-hydrogen) atoms. The Hall–Kier alpha value is -0.610. The molecule has 3 nitrogen and oxygen atoms in total. The summed E-state index contributed by atoms with van der Waals surface area (Å²) in [6, 6.07) is 0. The normalized spacial score (nSPS) is 25.1. The van der Waals surface area contributed by atoms with Crippen LogP contribution in [0.25, 0.3) is 0 Å². The van der Waals surface area contributed by atoms with Crippen LogP contribution in [0.1, 0.15) is 31.7 Å². The van der Waals surface area contributed by atoms with Gasteiger partial charge in [0.15, 0.2) is 0 Å². The molecule has 2 heterocycles. The number of thiazole rings is 1. The lowest BCUT2D eigenvalue weighted by atomic mass is 9.82. The predicted molar refractivity (Wildman–Crippen MR) is 65.8 cm³/mol. The summed E-state index contributed by atoms with van der Waals surface area (Å²) in [6.07, 6.45) is 3.97. The maximum atomic E-state index is 11.4. The van der Waals surface area contributed by atoms with E-state index in [1.165, 1.54) is 11.3 Å². The molecule has 0 radical (unpaired) electrons. The van der Waals surface area contributed by atoms with Crippen molar-refractivity contribution in [2.75, 3.05) is 0 Å². The molecule has 0 bridgehead atoms. The van der Waals surface area contributed by atoms with Gasteiger partial charge >= 0.3 is 0 Å². The molecule has 0 saturated carbocycles. The Morgan fingerprint density at radius 1 is 1.69 bits per heavy atom. The Balaban J connectivity index is 2.18. The molecular formula is C11H15ClN2OS. The number of hydrogen-bond acceptors (Lipinski definition) is 3. The quantitative estimate of drug-likeness (QED) is 0.906. The second kappa shape index (κ2) is 4.34. The van der Waals surface area contributed by atoms with E-state index in [0.29, 0.717) is 16.7 Å². The summed E-state index contributed by atoms with van der Waals surface area (Å²) in [5.74, 6) is 0.554. The van der Waals surface area contributed by atoms with Crippen molar-refractivity contribution < 1.29 is 4.79 Å². The molecule has 2 rings (SSSR count). The van der Waals surface area contributed by atoms with Gasteiger partial charge in [-0.15, -0.1) is 11.3 Å². The van der Waals surface area contributed by atoms with Gasteiger partial charge in [0.2, 0.25) is 5.91 Å². The van der Waals surface area contributed by atoms with Gasteiger partial charge in [-0.1, -0.05) is 25.4 Å². The van der Waals surface area contributed by atoms with E-state index in [1.54, 1.807) is 6.20 Å². The minimum Gasteiger partial charge on any atom is -0.350 e. The summed E-state index contributed by atoms with van der Waals surface area (Å²) in [5, 5.41) is 4.11. The van der Waals surface area contributed by atoms with Crippen LogP contribution in [0.3, 0.4) is 0 Å². The standard InChI is InChI=1S/C11H15ClN2OS/c1-7(2)11(4-3-9(15)14-11)5-10-13-6-8(12)16-10/h6-7H,3-5H2,1-2H3,(H,14,15). The first-order valence-corrected chi connectivity index (χ1v) is 6.62. The smallest absolute Gasteiger partial charge is 0.220 e. The molecule has 1 fully saturated rings. The van der Waals surface area contributed by atoms with Crippen molar-refractivity contribution in [1.82, 2.24) is 10.3 Å². The molecule has 0 aromatic carbocycles. The second-order valence-electron chi connectivity index (χ2n) is 4.59. The fraction of sp³-hybridized carbons (Fsp3) is 0.636. The summed E-state index contributed by atoms with van der Waals surface area (Å²) in [6.45, 7) is 4.28. The third-order valence-electron chi connectivity index (χ3n) is 3.28. The Morgan fingerprint density at radius 3 is 2.88 bits per heavy atom. The average molecular weight is 259 g/mol. The van der Waals surface area contributed by atoms with E-state index in [-0.39, 0.29) is 11.4 Å². The van der Waals surface area contributed by atoms with Crippen LogP contribution >= 0.6 is 22.9 Å². The SMILES string of the molecule is CC(C)C1(Cc2ncc(Cl)s2)CCC(=O)N1. The van der Waals surface area contributed by atoms with Crippen LogP contribution in [0.15, 0.2) is 6.20 Å². The number of hydrogen-bond donors (Lipinski definition) is 1. The third-order valence-corrected chi connectivity index (χ3v) is 4.40. The zero-order chi connectivity index (χ0) is 11.8.